The maximum atomic E-state index is 11.9. The maximum absolute atomic E-state index is 11.9. The summed E-state index contributed by atoms with van der Waals surface area (Å²) in [6, 6.07) is 18.0. The third-order valence-electron chi connectivity index (χ3n) is 2.48. The number of rotatable bonds is 3. The normalized spacial score (nSPS) is 11.7. The molecule has 0 atom stereocenters. The highest BCUT2D eigenvalue weighted by Gasteiger charge is 2.10. The van der Waals surface area contributed by atoms with Crippen molar-refractivity contribution in [1.82, 2.24) is 5.32 Å². The van der Waals surface area contributed by atoms with Crippen LogP contribution in [-0.2, 0) is 0 Å². The summed E-state index contributed by atoms with van der Waals surface area (Å²) in [4.78, 5) is 11.9. The van der Waals surface area contributed by atoms with Gasteiger partial charge >= 0.3 is 0 Å². The van der Waals surface area contributed by atoms with E-state index in [1.165, 1.54) is 0 Å². The molecule has 0 aromatic heterocycles. The van der Waals surface area contributed by atoms with E-state index in [1.54, 1.807) is 24.3 Å². The van der Waals surface area contributed by atoms with Crippen LogP contribution in [-0.4, -0.2) is 5.91 Å². The first-order valence-corrected chi connectivity index (χ1v) is 6.41. The molecule has 1 N–H and O–H groups in total. The second-order valence-electron chi connectivity index (χ2n) is 3.81. The first-order valence-electron chi connectivity index (χ1n) is 5.65. The molecule has 0 unspecified atom stereocenters. The summed E-state index contributed by atoms with van der Waals surface area (Å²) in [5.41, 5.74) is 1.28. The number of carbonyl (C=O) groups excluding carboxylic acids is 1. The molecule has 0 bridgehead atoms. The number of benzene rings is 2. The standard InChI is InChI=1S/C15H11Cl2NO/c16-13(11-7-3-1-4-8-11)14(17)18-15(19)12-9-5-2-6-10-12/h1-10H,(H,18,19). The second-order valence-corrected chi connectivity index (χ2v) is 4.57. The Balaban J connectivity index is 2.17. The molecule has 0 fully saturated rings. The van der Waals surface area contributed by atoms with Crippen LogP contribution in [0.25, 0.3) is 5.03 Å². The SMILES string of the molecule is O=C(NC(Cl)=C(Cl)c1ccccc1)c1ccccc1. The van der Waals surface area contributed by atoms with Crippen molar-refractivity contribution in [3.05, 3.63) is 76.9 Å². The van der Waals surface area contributed by atoms with Crippen LogP contribution in [0.2, 0.25) is 0 Å². The quantitative estimate of drug-likeness (QED) is 0.843. The number of hydrogen-bond acceptors (Lipinski definition) is 1. The van der Waals surface area contributed by atoms with Gasteiger partial charge in [-0.05, 0) is 17.7 Å². The van der Waals surface area contributed by atoms with E-state index in [0.29, 0.717) is 10.6 Å². The van der Waals surface area contributed by atoms with Gasteiger partial charge in [-0.15, -0.1) is 0 Å². The van der Waals surface area contributed by atoms with Gasteiger partial charge in [0.15, 0.2) is 0 Å². The molecule has 2 aromatic carbocycles. The Hall–Kier alpha value is -1.77. The minimum atomic E-state index is -0.292. The molecule has 19 heavy (non-hydrogen) atoms. The van der Waals surface area contributed by atoms with Crippen LogP contribution in [0.1, 0.15) is 15.9 Å². The molecule has 4 heteroatoms. The van der Waals surface area contributed by atoms with Crippen molar-refractivity contribution in [3.8, 4) is 0 Å². The molecule has 0 aliphatic rings. The van der Waals surface area contributed by atoms with Crippen LogP contribution in [0, 0.1) is 0 Å². The zero-order valence-electron chi connectivity index (χ0n) is 9.94. The monoisotopic (exact) mass is 291 g/mol. The lowest BCUT2D eigenvalue weighted by atomic mass is 10.2. The summed E-state index contributed by atoms with van der Waals surface area (Å²) in [5.74, 6) is -0.292. The third kappa shape index (κ3) is 3.60. The molecule has 0 spiro atoms. The Morgan fingerprint density at radius 3 is 1.79 bits per heavy atom. The lowest BCUT2D eigenvalue weighted by Crippen LogP contribution is -2.20. The van der Waals surface area contributed by atoms with Gasteiger partial charge in [0.2, 0.25) is 0 Å². The number of halogens is 2. The maximum Gasteiger partial charge on any atom is 0.256 e. The fourth-order valence-corrected chi connectivity index (χ4v) is 1.90. The van der Waals surface area contributed by atoms with Crippen molar-refractivity contribution in [2.75, 3.05) is 0 Å². The predicted molar refractivity (Wildman–Crippen MR) is 79.0 cm³/mol. The van der Waals surface area contributed by atoms with Crippen LogP contribution in [0.5, 0.6) is 0 Å². The summed E-state index contributed by atoms with van der Waals surface area (Å²) in [7, 11) is 0. The van der Waals surface area contributed by atoms with E-state index in [-0.39, 0.29) is 11.1 Å². The fraction of sp³-hybridized carbons (Fsp3) is 0. The smallest absolute Gasteiger partial charge is 0.256 e. The van der Waals surface area contributed by atoms with Crippen LogP contribution in [0.3, 0.4) is 0 Å². The Labute approximate surface area is 121 Å². The molecule has 2 rings (SSSR count). The van der Waals surface area contributed by atoms with E-state index in [4.69, 9.17) is 23.2 Å². The molecule has 0 saturated carbocycles. The highest BCUT2D eigenvalue weighted by Crippen LogP contribution is 2.23. The van der Waals surface area contributed by atoms with Gasteiger partial charge in [-0.1, -0.05) is 71.7 Å². The molecular formula is C15H11Cl2NO. The summed E-state index contributed by atoms with van der Waals surface area (Å²) in [6.45, 7) is 0. The van der Waals surface area contributed by atoms with E-state index >= 15 is 0 Å². The highest BCUT2D eigenvalue weighted by atomic mass is 35.5. The van der Waals surface area contributed by atoms with Crippen LogP contribution in [0.15, 0.2) is 65.8 Å². The minimum Gasteiger partial charge on any atom is -0.311 e. The van der Waals surface area contributed by atoms with Crippen LogP contribution >= 0.6 is 23.2 Å². The van der Waals surface area contributed by atoms with E-state index in [0.717, 1.165) is 5.56 Å². The summed E-state index contributed by atoms with van der Waals surface area (Å²) < 4.78 is 0. The first-order chi connectivity index (χ1) is 9.18. The Morgan fingerprint density at radius 1 is 0.789 bits per heavy atom. The molecule has 0 saturated heterocycles. The van der Waals surface area contributed by atoms with E-state index in [2.05, 4.69) is 5.32 Å². The largest absolute Gasteiger partial charge is 0.311 e. The molecule has 2 aromatic rings. The minimum absolute atomic E-state index is 0.113. The molecule has 96 valence electrons. The topological polar surface area (TPSA) is 29.1 Å². The number of carbonyl (C=O) groups is 1. The number of amides is 1. The zero-order chi connectivity index (χ0) is 13.7. The van der Waals surface area contributed by atoms with Gasteiger partial charge in [0.25, 0.3) is 5.91 Å². The van der Waals surface area contributed by atoms with Crippen molar-refractivity contribution < 1.29 is 4.79 Å². The Morgan fingerprint density at radius 2 is 1.26 bits per heavy atom. The number of nitrogens with one attached hydrogen (secondary N) is 1. The van der Waals surface area contributed by atoms with Gasteiger partial charge in [0.1, 0.15) is 5.16 Å². The summed E-state index contributed by atoms with van der Waals surface area (Å²) >= 11 is 12.1. The molecule has 0 aliphatic carbocycles. The lowest BCUT2D eigenvalue weighted by molar-refractivity contribution is 0.0969. The average molecular weight is 292 g/mol. The second kappa shape index (κ2) is 6.41. The van der Waals surface area contributed by atoms with Gasteiger partial charge < -0.3 is 5.32 Å². The molecule has 0 heterocycles. The van der Waals surface area contributed by atoms with Gasteiger partial charge in [-0.2, -0.15) is 0 Å². The van der Waals surface area contributed by atoms with Gasteiger partial charge in [0.05, 0.1) is 5.03 Å². The van der Waals surface area contributed by atoms with Crippen LogP contribution in [0.4, 0.5) is 0 Å². The van der Waals surface area contributed by atoms with E-state index in [1.807, 2.05) is 36.4 Å². The fourth-order valence-electron chi connectivity index (χ4n) is 1.53. The van der Waals surface area contributed by atoms with Crippen LogP contribution < -0.4 is 5.32 Å². The number of hydrogen-bond donors (Lipinski definition) is 1. The predicted octanol–water partition coefficient (Wildman–Crippen LogP) is 4.22. The molecule has 0 aliphatic heterocycles. The van der Waals surface area contributed by atoms with Gasteiger partial charge in [-0.3, -0.25) is 4.79 Å². The zero-order valence-corrected chi connectivity index (χ0v) is 11.4. The molecular weight excluding hydrogens is 281 g/mol. The Bertz CT molecular complexity index is 594. The summed E-state index contributed by atoms with van der Waals surface area (Å²) in [5, 5.41) is 2.99. The van der Waals surface area contributed by atoms with Crippen molar-refractivity contribution in [1.29, 1.82) is 0 Å². The van der Waals surface area contributed by atoms with Crippen molar-refractivity contribution in [2.24, 2.45) is 0 Å². The lowest BCUT2D eigenvalue weighted by Gasteiger charge is -2.06. The van der Waals surface area contributed by atoms with E-state index < -0.39 is 0 Å². The highest BCUT2D eigenvalue weighted by molar-refractivity contribution is 6.54. The molecule has 1 amide bonds. The van der Waals surface area contributed by atoms with E-state index in [9.17, 15) is 4.79 Å². The van der Waals surface area contributed by atoms with Gasteiger partial charge in [-0.25, -0.2) is 0 Å². The molecule has 0 radical (unpaired) electrons. The van der Waals surface area contributed by atoms with Gasteiger partial charge in [0, 0.05) is 5.56 Å². The summed E-state index contributed by atoms with van der Waals surface area (Å²) in [6.07, 6.45) is 0. The Kier molecular flexibility index (Phi) is 4.61. The van der Waals surface area contributed by atoms with Crippen molar-refractivity contribution in [2.45, 2.75) is 0 Å². The molecule has 2 nitrogen and oxygen atoms in total. The van der Waals surface area contributed by atoms with Crippen molar-refractivity contribution in [3.63, 3.8) is 0 Å². The van der Waals surface area contributed by atoms with Crippen molar-refractivity contribution >= 4 is 34.1 Å². The first kappa shape index (κ1) is 13.7. The average Bonchev–Trinajstić information content (AvgIpc) is 2.48. The third-order valence-corrected chi connectivity index (χ3v) is 3.27.